The topological polar surface area (TPSA) is 30.5 Å². The Morgan fingerprint density at radius 3 is 2.48 bits per heavy atom. The van der Waals surface area contributed by atoms with Gasteiger partial charge in [-0.25, -0.2) is 0 Å². The third-order valence-corrected chi connectivity index (χ3v) is 4.22. The highest BCUT2D eigenvalue weighted by molar-refractivity contribution is 6.30. The molecule has 0 saturated carbocycles. The molecule has 1 N–H and O–H groups in total. The van der Waals surface area contributed by atoms with E-state index in [4.69, 9.17) is 21.1 Å². The summed E-state index contributed by atoms with van der Waals surface area (Å²) in [4.78, 5) is 0. The fourth-order valence-electron chi connectivity index (χ4n) is 2.63. The first-order chi connectivity index (χ1) is 11.3. The zero-order valence-electron chi connectivity index (χ0n) is 13.1. The van der Waals surface area contributed by atoms with Gasteiger partial charge < -0.3 is 14.8 Å². The van der Waals surface area contributed by atoms with Gasteiger partial charge in [-0.15, -0.1) is 0 Å². The summed E-state index contributed by atoms with van der Waals surface area (Å²) in [6, 6.07) is 15.9. The van der Waals surface area contributed by atoms with E-state index in [1.54, 1.807) is 0 Å². The molecule has 0 aromatic heterocycles. The number of hydrogen-bond donors (Lipinski definition) is 1. The van der Waals surface area contributed by atoms with Gasteiger partial charge in [0.2, 0.25) is 0 Å². The average molecular weight is 332 g/mol. The molecule has 2 aromatic carbocycles. The van der Waals surface area contributed by atoms with E-state index in [0.29, 0.717) is 12.7 Å². The SMILES string of the molecule is Clc1ccc(COc2ccc(CNCC3CCCO3)cc2)cc1. The molecular formula is C19H22ClNO2. The fourth-order valence-corrected chi connectivity index (χ4v) is 2.76. The van der Waals surface area contributed by atoms with Crippen molar-refractivity contribution >= 4 is 11.6 Å². The number of nitrogens with one attached hydrogen (secondary N) is 1. The number of benzene rings is 2. The molecule has 23 heavy (non-hydrogen) atoms. The Kier molecular flexibility index (Phi) is 5.92. The van der Waals surface area contributed by atoms with Crippen LogP contribution >= 0.6 is 11.6 Å². The molecule has 1 saturated heterocycles. The molecule has 0 spiro atoms. The molecule has 1 aliphatic rings. The molecule has 4 heteroatoms. The lowest BCUT2D eigenvalue weighted by Crippen LogP contribution is -2.25. The molecule has 1 fully saturated rings. The van der Waals surface area contributed by atoms with Crippen molar-refractivity contribution in [3.8, 4) is 5.75 Å². The van der Waals surface area contributed by atoms with Crippen LogP contribution in [0.25, 0.3) is 0 Å². The van der Waals surface area contributed by atoms with Gasteiger partial charge in [-0.2, -0.15) is 0 Å². The lowest BCUT2D eigenvalue weighted by molar-refractivity contribution is 0.110. The van der Waals surface area contributed by atoms with Crippen LogP contribution in [0, 0.1) is 0 Å². The van der Waals surface area contributed by atoms with Gasteiger partial charge in [0.25, 0.3) is 0 Å². The number of hydrogen-bond acceptors (Lipinski definition) is 3. The monoisotopic (exact) mass is 331 g/mol. The van der Waals surface area contributed by atoms with Crippen LogP contribution in [0.2, 0.25) is 5.02 Å². The van der Waals surface area contributed by atoms with Crippen molar-refractivity contribution in [1.29, 1.82) is 0 Å². The van der Waals surface area contributed by atoms with Crippen molar-refractivity contribution in [2.24, 2.45) is 0 Å². The number of halogens is 1. The lowest BCUT2D eigenvalue weighted by Gasteiger charge is -2.11. The lowest BCUT2D eigenvalue weighted by atomic mass is 10.2. The van der Waals surface area contributed by atoms with Gasteiger partial charge in [-0.05, 0) is 48.2 Å². The smallest absolute Gasteiger partial charge is 0.119 e. The van der Waals surface area contributed by atoms with Gasteiger partial charge in [-0.3, -0.25) is 0 Å². The summed E-state index contributed by atoms with van der Waals surface area (Å²) in [6.07, 6.45) is 2.74. The summed E-state index contributed by atoms with van der Waals surface area (Å²) in [5.41, 5.74) is 2.36. The second-order valence-corrected chi connectivity index (χ2v) is 6.26. The van der Waals surface area contributed by atoms with Crippen LogP contribution in [0.3, 0.4) is 0 Å². The van der Waals surface area contributed by atoms with Crippen molar-refractivity contribution < 1.29 is 9.47 Å². The first-order valence-electron chi connectivity index (χ1n) is 8.08. The number of ether oxygens (including phenoxy) is 2. The minimum Gasteiger partial charge on any atom is -0.489 e. The largest absolute Gasteiger partial charge is 0.489 e. The van der Waals surface area contributed by atoms with Crippen LogP contribution in [-0.2, 0) is 17.9 Å². The Morgan fingerprint density at radius 2 is 1.78 bits per heavy atom. The van der Waals surface area contributed by atoms with E-state index in [2.05, 4.69) is 17.4 Å². The minimum absolute atomic E-state index is 0.386. The molecule has 2 aromatic rings. The van der Waals surface area contributed by atoms with E-state index in [1.807, 2.05) is 36.4 Å². The summed E-state index contributed by atoms with van der Waals surface area (Å²) >= 11 is 5.87. The van der Waals surface area contributed by atoms with Gasteiger partial charge in [-0.1, -0.05) is 35.9 Å². The van der Waals surface area contributed by atoms with Crippen molar-refractivity contribution in [2.75, 3.05) is 13.2 Å². The molecule has 0 bridgehead atoms. The van der Waals surface area contributed by atoms with Gasteiger partial charge in [0.15, 0.2) is 0 Å². The summed E-state index contributed by atoms with van der Waals surface area (Å²) in [5, 5.41) is 4.19. The first kappa shape index (κ1) is 16.3. The molecular weight excluding hydrogens is 310 g/mol. The van der Waals surface area contributed by atoms with E-state index in [-0.39, 0.29) is 0 Å². The standard InChI is InChI=1S/C19H22ClNO2/c20-17-7-3-16(4-8-17)14-23-18-9-5-15(6-10-18)12-21-13-19-2-1-11-22-19/h3-10,19,21H,1-2,11-14H2. The zero-order valence-corrected chi connectivity index (χ0v) is 13.9. The van der Waals surface area contributed by atoms with E-state index in [9.17, 15) is 0 Å². The molecule has 1 aliphatic heterocycles. The van der Waals surface area contributed by atoms with Gasteiger partial charge in [0.1, 0.15) is 12.4 Å². The van der Waals surface area contributed by atoms with Crippen molar-refractivity contribution in [2.45, 2.75) is 32.1 Å². The van der Waals surface area contributed by atoms with Crippen molar-refractivity contribution in [3.63, 3.8) is 0 Å². The predicted molar refractivity (Wildman–Crippen MR) is 92.9 cm³/mol. The highest BCUT2D eigenvalue weighted by Crippen LogP contribution is 2.16. The second kappa shape index (κ2) is 8.34. The maximum absolute atomic E-state index is 5.87. The Morgan fingerprint density at radius 1 is 1.04 bits per heavy atom. The van der Waals surface area contributed by atoms with E-state index >= 15 is 0 Å². The quantitative estimate of drug-likeness (QED) is 0.825. The van der Waals surface area contributed by atoms with Crippen LogP contribution in [0.4, 0.5) is 0 Å². The minimum atomic E-state index is 0.386. The third kappa shape index (κ3) is 5.24. The second-order valence-electron chi connectivity index (χ2n) is 5.83. The summed E-state index contributed by atoms with van der Waals surface area (Å²) in [7, 11) is 0. The van der Waals surface area contributed by atoms with E-state index in [0.717, 1.165) is 36.0 Å². The molecule has 3 rings (SSSR count). The van der Waals surface area contributed by atoms with Gasteiger partial charge in [0, 0.05) is 24.7 Å². The Hall–Kier alpha value is -1.55. The average Bonchev–Trinajstić information content (AvgIpc) is 3.09. The van der Waals surface area contributed by atoms with Crippen LogP contribution in [-0.4, -0.2) is 19.3 Å². The summed E-state index contributed by atoms with van der Waals surface area (Å²) in [6.45, 7) is 3.24. The van der Waals surface area contributed by atoms with Crippen LogP contribution in [0.1, 0.15) is 24.0 Å². The van der Waals surface area contributed by atoms with E-state index in [1.165, 1.54) is 18.4 Å². The fraction of sp³-hybridized carbons (Fsp3) is 0.368. The maximum atomic E-state index is 5.87. The maximum Gasteiger partial charge on any atom is 0.119 e. The van der Waals surface area contributed by atoms with Crippen LogP contribution < -0.4 is 10.1 Å². The molecule has 3 nitrogen and oxygen atoms in total. The zero-order chi connectivity index (χ0) is 15.9. The van der Waals surface area contributed by atoms with Crippen LogP contribution in [0.5, 0.6) is 5.75 Å². The molecule has 1 heterocycles. The molecule has 1 unspecified atom stereocenters. The van der Waals surface area contributed by atoms with E-state index < -0.39 is 0 Å². The highest BCUT2D eigenvalue weighted by Gasteiger charge is 2.14. The molecule has 122 valence electrons. The van der Waals surface area contributed by atoms with Crippen molar-refractivity contribution in [1.82, 2.24) is 5.32 Å². The van der Waals surface area contributed by atoms with Crippen LogP contribution in [0.15, 0.2) is 48.5 Å². The molecule has 0 aliphatic carbocycles. The number of rotatable bonds is 7. The highest BCUT2D eigenvalue weighted by atomic mass is 35.5. The Balaban J connectivity index is 1.42. The Bertz CT molecular complexity index is 592. The normalized spacial score (nSPS) is 17.3. The third-order valence-electron chi connectivity index (χ3n) is 3.97. The van der Waals surface area contributed by atoms with Gasteiger partial charge in [0.05, 0.1) is 6.10 Å². The van der Waals surface area contributed by atoms with Gasteiger partial charge >= 0.3 is 0 Å². The predicted octanol–water partition coefficient (Wildman–Crippen LogP) is 4.19. The van der Waals surface area contributed by atoms with Crippen molar-refractivity contribution in [3.05, 3.63) is 64.7 Å². The molecule has 0 radical (unpaired) electrons. The molecule has 1 atom stereocenters. The Labute approximate surface area is 142 Å². The summed E-state index contributed by atoms with van der Waals surface area (Å²) in [5.74, 6) is 0.878. The summed E-state index contributed by atoms with van der Waals surface area (Å²) < 4.78 is 11.4. The first-order valence-corrected chi connectivity index (χ1v) is 8.46. The molecule has 0 amide bonds.